The summed E-state index contributed by atoms with van der Waals surface area (Å²) in [5, 5.41) is 4.61. The summed E-state index contributed by atoms with van der Waals surface area (Å²) < 4.78 is 11.3. The average Bonchev–Trinajstić information content (AvgIpc) is 2.91. The molecular formula is C31H27Cl2NO4. The Labute approximate surface area is 232 Å². The van der Waals surface area contributed by atoms with Crippen LogP contribution in [0.5, 0.6) is 5.75 Å². The van der Waals surface area contributed by atoms with Gasteiger partial charge in [-0.3, -0.25) is 4.79 Å². The molecule has 1 heterocycles. The summed E-state index contributed by atoms with van der Waals surface area (Å²) in [6, 6.07) is 24.2. The molecule has 5 rings (SSSR count). The zero-order valence-corrected chi connectivity index (χ0v) is 22.4. The second-order valence-corrected chi connectivity index (χ2v) is 10.3. The lowest BCUT2D eigenvalue weighted by Crippen LogP contribution is -2.36. The Balaban J connectivity index is 1.41. The molecule has 0 fully saturated rings. The fourth-order valence-electron chi connectivity index (χ4n) is 5.16. The van der Waals surface area contributed by atoms with Gasteiger partial charge in [0.15, 0.2) is 5.78 Å². The van der Waals surface area contributed by atoms with Crippen LogP contribution in [-0.4, -0.2) is 25.0 Å². The molecule has 2 aliphatic rings. The third-order valence-electron chi connectivity index (χ3n) is 6.92. The molecule has 5 nitrogen and oxygen atoms in total. The molecule has 7 heteroatoms. The number of rotatable bonds is 7. The van der Waals surface area contributed by atoms with E-state index in [-0.39, 0.29) is 24.9 Å². The molecule has 2 unspecified atom stereocenters. The van der Waals surface area contributed by atoms with Gasteiger partial charge in [0.25, 0.3) is 0 Å². The first-order chi connectivity index (χ1) is 18.4. The van der Waals surface area contributed by atoms with E-state index in [1.54, 1.807) is 12.1 Å². The van der Waals surface area contributed by atoms with Crippen LogP contribution in [0.25, 0.3) is 0 Å². The lowest BCUT2D eigenvalue weighted by molar-refractivity contribution is -0.140. The molecule has 3 aromatic carbocycles. The summed E-state index contributed by atoms with van der Waals surface area (Å²) >= 11 is 12.2. The van der Waals surface area contributed by atoms with E-state index in [1.165, 1.54) is 0 Å². The molecule has 0 bridgehead atoms. The monoisotopic (exact) mass is 547 g/mol. The number of carbonyl (C=O) groups is 2. The molecule has 0 spiro atoms. The van der Waals surface area contributed by atoms with Gasteiger partial charge in [-0.15, -0.1) is 0 Å². The predicted octanol–water partition coefficient (Wildman–Crippen LogP) is 6.98. The van der Waals surface area contributed by atoms with Crippen molar-refractivity contribution >= 4 is 35.0 Å². The number of allylic oxidation sites excluding steroid dienone is 3. The van der Waals surface area contributed by atoms with Crippen LogP contribution in [0.1, 0.15) is 42.7 Å². The predicted molar refractivity (Wildman–Crippen MR) is 148 cm³/mol. The number of carbonyl (C=O) groups excluding carboxylic acids is 2. The quantitative estimate of drug-likeness (QED) is 0.255. The molecule has 1 N–H and O–H groups in total. The number of hydrogen-bond acceptors (Lipinski definition) is 5. The van der Waals surface area contributed by atoms with E-state index in [9.17, 15) is 9.59 Å². The number of ketones is 1. The molecule has 1 aliphatic heterocycles. The Morgan fingerprint density at radius 1 is 0.868 bits per heavy atom. The normalized spacial score (nSPS) is 19.1. The van der Waals surface area contributed by atoms with Gasteiger partial charge in [-0.1, -0.05) is 65.7 Å². The first-order valence-electron chi connectivity index (χ1n) is 12.5. The number of Topliss-reactive ketones (excluding diaryl/α,β-unsaturated/α-hetero) is 1. The van der Waals surface area contributed by atoms with Gasteiger partial charge in [-0.25, -0.2) is 4.79 Å². The maximum atomic E-state index is 13.7. The highest BCUT2D eigenvalue weighted by atomic mass is 35.5. The van der Waals surface area contributed by atoms with Crippen molar-refractivity contribution in [3.8, 4) is 5.75 Å². The number of halogens is 2. The Morgan fingerprint density at radius 2 is 1.50 bits per heavy atom. The fourth-order valence-corrected chi connectivity index (χ4v) is 5.41. The Morgan fingerprint density at radius 3 is 2.16 bits per heavy atom. The van der Waals surface area contributed by atoms with Crippen LogP contribution in [0.2, 0.25) is 10.0 Å². The summed E-state index contributed by atoms with van der Waals surface area (Å²) in [6.45, 7) is 2.15. The van der Waals surface area contributed by atoms with Gasteiger partial charge in [0.05, 0.1) is 5.57 Å². The summed E-state index contributed by atoms with van der Waals surface area (Å²) in [7, 11) is 0. The third kappa shape index (κ3) is 5.64. The molecule has 3 aromatic rings. The fraction of sp³-hybridized carbons (Fsp3) is 0.226. The van der Waals surface area contributed by atoms with E-state index >= 15 is 0 Å². The van der Waals surface area contributed by atoms with Crippen molar-refractivity contribution in [3.05, 3.63) is 123 Å². The summed E-state index contributed by atoms with van der Waals surface area (Å²) in [4.78, 5) is 27.1. The van der Waals surface area contributed by atoms with Crippen molar-refractivity contribution in [3.63, 3.8) is 0 Å². The summed E-state index contributed by atoms with van der Waals surface area (Å²) in [6.07, 6.45) is 0.996. The molecule has 0 saturated heterocycles. The third-order valence-corrected chi connectivity index (χ3v) is 7.42. The lowest BCUT2D eigenvalue weighted by Gasteiger charge is -2.36. The van der Waals surface area contributed by atoms with Gasteiger partial charge in [0.2, 0.25) is 0 Å². The van der Waals surface area contributed by atoms with Crippen molar-refractivity contribution in [2.24, 2.45) is 0 Å². The molecule has 0 saturated carbocycles. The van der Waals surface area contributed by atoms with Crippen LogP contribution in [0.15, 0.2) is 101 Å². The first kappa shape index (κ1) is 26.1. The number of nitrogens with one attached hydrogen (secondary N) is 1. The number of ether oxygens (including phenoxy) is 2. The van der Waals surface area contributed by atoms with Crippen LogP contribution in [0.3, 0.4) is 0 Å². The second kappa shape index (κ2) is 11.5. The summed E-state index contributed by atoms with van der Waals surface area (Å²) in [5.74, 6) is -0.303. The smallest absolute Gasteiger partial charge is 0.336 e. The van der Waals surface area contributed by atoms with Crippen molar-refractivity contribution in [2.45, 2.75) is 31.6 Å². The van der Waals surface area contributed by atoms with Crippen molar-refractivity contribution in [1.82, 2.24) is 5.32 Å². The summed E-state index contributed by atoms with van der Waals surface area (Å²) in [5.41, 5.74) is 4.41. The highest BCUT2D eigenvalue weighted by molar-refractivity contribution is 6.30. The lowest BCUT2D eigenvalue weighted by atomic mass is 9.72. The maximum Gasteiger partial charge on any atom is 0.336 e. The number of para-hydroxylation sites is 1. The van der Waals surface area contributed by atoms with E-state index in [0.717, 1.165) is 16.8 Å². The van der Waals surface area contributed by atoms with Gasteiger partial charge in [-0.05, 0) is 66.8 Å². The number of dihydropyridines is 1. The molecule has 0 radical (unpaired) electrons. The van der Waals surface area contributed by atoms with Crippen molar-refractivity contribution < 1.29 is 19.1 Å². The standard InChI is InChI=1S/C31H27Cl2NO4/c1-19-28(31(36)38-16-15-37-25-5-3-2-4-6-25)29(21-9-13-24(33)14-10-21)30-26(34-19)17-22(18-27(30)35)20-7-11-23(32)12-8-20/h2-14,22,29,34H,15-18H2,1H3. The Bertz CT molecular complexity index is 1400. The van der Waals surface area contributed by atoms with Gasteiger partial charge in [0.1, 0.15) is 19.0 Å². The van der Waals surface area contributed by atoms with Crippen LogP contribution in [0.4, 0.5) is 0 Å². The molecule has 2 atom stereocenters. The maximum absolute atomic E-state index is 13.7. The SMILES string of the molecule is CC1=C(C(=O)OCCOc2ccccc2)C(c2ccc(Cl)cc2)C2=C(CC(c3ccc(Cl)cc3)CC2=O)N1. The van der Waals surface area contributed by atoms with Crippen LogP contribution < -0.4 is 10.1 Å². The number of benzene rings is 3. The molecular weight excluding hydrogens is 521 g/mol. The van der Waals surface area contributed by atoms with Gasteiger partial charge in [-0.2, -0.15) is 0 Å². The molecule has 0 aromatic heterocycles. The molecule has 194 valence electrons. The minimum atomic E-state index is -0.551. The Kier molecular flexibility index (Phi) is 7.87. The van der Waals surface area contributed by atoms with Gasteiger partial charge < -0.3 is 14.8 Å². The van der Waals surface area contributed by atoms with E-state index in [2.05, 4.69) is 5.32 Å². The number of esters is 1. The topological polar surface area (TPSA) is 64.6 Å². The van der Waals surface area contributed by atoms with E-state index in [1.807, 2.05) is 73.7 Å². The highest BCUT2D eigenvalue weighted by Gasteiger charge is 2.41. The van der Waals surface area contributed by atoms with Gasteiger partial charge >= 0.3 is 5.97 Å². The van der Waals surface area contributed by atoms with Crippen molar-refractivity contribution in [1.29, 1.82) is 0 Å². The first-order valence-corrected chi connectivity index (χ1v) is 13.3. The number of hydrogen-bond donors (Lipinski definition) is 1. The molecule has 0 amide bonds. The van der Waals surface area contributed by atoms with E-state index in [4.69, 9.17) is 32.7 Å². The van der Waals surface area contributed by atoms with Gasteiger partial charge in [0, 0.05) is 39.4 Å². The molecule has 38 heavy (non-hydrogen) atoms. The van der Waals surface area contributed by atoms with Crippen LogP contribution in [0, 0.1) is 0 Å². The van der Waals surface area contributed by atoms with Crippen molar-refractivity contribution in [2.75, 3.05) is 13.2 Å². The van der Waals surface area contributed by atoms with Crippen LogP contribution >= 0.6 is 23.2 Å². The highest BCUT2D eigenvalue weighted by Crippen LogP contribution is 2.46. The zero-order chi connectivity index (χ0) is 26.6. The zero-order valence-electron chi connectivity index (χ0n) is 20.9. The average molecular weight is 548 g/mol. The van der Waals surface area contributed by atoms with E-state index < -0.39 is 11.9 Å². The second-order valence-electron chi connectivity index (χ2n) is 9.42. The van der Waals surface area contributed by atoms with Crippen LogP contribution in [-0.2, 0) is 14.3 Å². The Hall–Kier alpha value is -3.54. The minimum absolute atomic E-state index is 0.00357. The largest absolute Gasteiger partial charge is 0.490 e. The minimum Gasteiger partial charge on any atom is -0.490 e. The molecule has 1 aliphatic carbocycles. The van der Waals surface area contributed by atoms with E-state index in [0.29, 0.717) is 45.5 Å².